The molecule has 0 atom stereocenters. The Balaban J connectivity index is 1.74. The average molecular weight is 303 g/mol. The van der Waals surface area contributed by atoms with E-state index in [1.54, 1.807) is 7.11 Å². The Kier molecular flexibility index (Phi) is 3.87. The number of hydrogen-bond acceptors (Lipinski definition) is 7. The number of aromatic amines is 1. The highest BCUT2D eigenvalue weighted by Gasteiger charge is 2.13. The highest BCUT2D eigenvalue weighted by atomic mass is 32.2. The number of thioether (sulfide) groups is 1. The van der Waals surface area contributed by atoms with Gasteiger partial charge in [0.2, 0.25) is 16.9 Å². The predicted molar refractivity (Wildman–Crippen MR) is 77.0 cm³/mol. The molecule has 7 nitrogen and oxygen atoms in total. The molecule has 0 saturated carbocycles. The minimum absolute atomic E-state index is 0.509. The van der Waals surface area contributed by atoms with Gasteiger partial charge in [0.1, 0.15) is 11.6 Å². The minimum atomic E-state index is 0.509. The summed E-state index contributed by atoms with van der Waals surface area (Å²) >= 11 is 1.43. The maximum absolute atomic E-state index is 5.29. The van der Waals surface area contributed by atoms with Gasteiger partial charge in [-0.15, -0.1) is 5.10 Å². The molecule has 3 aromatic rings. The summed E-state index contributed by atoms with van der Waals surface area (Å²) in [7, 11) is 1.61. The molecule has 2 aromatic heterocycles. The van der Waals surface area contributed by atoms with Crippen molar-refractivity contribution in [3.8, 4) is 17.1 Å². The number of ether oxygens (including phenoxy) is 1. The summed E-state index contributed by atoms with van der Waals surface area (Å²) in [4.78, 5) is 8.57. The van der Waals surface area contributed by atoms with Gasteiger partial charge in [-0.2, -0.15) is 4.98 Å². The fourth-order valence-corrected chi connectivity index (χ4v) is 2.45. The zero-order valence-electron chi connectivity index (χ0n) is 11.5. The first-order valence-corrected chi connectivity index (χ1v) is 7.22. The number of nitrogens with zero attached hydrogens (tertiary/aromatic N) is 4. The first kappa shape index (κ1) is 13.6. The van der Waals surface area contributed by atoms with Crippen molar-refractivity contribution in [2.45, 2.75) is 17.8 Å². The summed E-state index contributed by atoms with van der Waals surface area (Å²) in [6.45, 7) is 1.85. The van der Waals surface area contributed by atoms with Gasteiger partial charge in [0.15, 0.2) is 0 Å². The monoisotopic (exact) mass is 303 g/mol. The second-order valence-electron chi connectivity index (χ2n) is 4.20. The van der Waals surface area contributed by atoms with Crippen molar-refractivity contribution in [2.24, 2.45) is 0 Å². The van der Waals surface area contributed by atoms with Crippen molar-refractivity contribution in [1.82, 2.24) is 25.3 Å². The third kappa shape index (κ3) is 3.05. The molecule has 0 aliphatic carbocycles. The van der Waals surface area contributed by atoms with Gasteiger partial charge in [0, 0.05) is 0 Å². The molecule has 0 unspecified atom stereocenters. The van der Waals surface area contributed by atoms with Crippen LogP contribution < -0.4 is 4.74 Å². The Bertz CT molecular complexity index is 740. The Hall–Kier alpha value is -2.35. The van der Waals surface area contributed by atoms with Crippen LogP contribution in [0, 0.1) is 6.92 Å². The summed E-state index contributed by atoms with van der Waals surface area (Å²) in [5.74, 6) is 3.02. The standard InChI is InChI=1S/C13H13N5O2S/c1-8-14-13(17-16-8)21-7-11-15-12(18-20-11)9-5-3-4-6-10(9)19-2/h3-6H,7H2,1-2H3,(H,14,16,17). The molecule has 1 N–H and O–H groups in total. The maximum Gasteiger partial charge on any atom is 0.237 e. The Morgan fingerprint density at radius 3 is 2.90 bits per heavy atom. The van der Waals surface area contributed by atoms with Crippen molar-refractivity contribution in [2.75, 3.05) is 7.11 Å². The zero-order chi connectivity index (χ0) is 14.7. The number of hydrogen-bond donors (Lipinski definition) is 1. The Morgan fingerprint density at radius 2 is 2.14 bits per heavy atom. The lowest BCUT2D eigenvalue weighted by atomic mass is 10.2. The smallest absolute Gasteiger partial charge is 0.237 e. The SMILES string of the molecule is COc1ccccc1-c1noc(CSc2n[nH]c(C)n2)n1. The van der Waals surface area contributed by atoms with E-state index in [2.05, 4.69) is 25.3 Å². The highest BCUT2D eigenvalue weighted by Crippen LogP contribution is 2.28. The molecule has 8 heteroatoms. The molecule has 0 amide bonds. The van der Waals surface area contributed by atoms with Crippen LogP contribution in [0.1, 0.15) is 11.7 Å². The largest absolute Gasteiger partial charge is 0.496 e. The van der Waals surface area contributed by atoms with Gasteiger partial charge in [-0.1, -0.05) is 29.1 Å². The molecule has 0 aliphatic rings. The van der Waals surface area contributed by atoms with Gasteiger partial charge in [-0.3, -0.25) is 5.10 Å². The fraction of sp³-hybridized carbons (Fsp3) is 0.231. The van der Waals surface area contributed by atoms with Crippen LogP contribution in [-0.2, 0) is 5.75 Å². The fourth-order valence-electron chi connectivity index (χ4n) is 1.77. The summed E-state index contributed by atoms with van der Waals surface area (Å²) in [6, 6.07) is 7.54. The lowest BCUT2D eigenvalue weighted by Gasteiger charge is -2.02. The number of methoxy groups -OCH3 is 1. The third-order valence-corrected chi connectivity index (χ3v) is 3.55. The van der Waals surface area contributed by atoms with E-state index in [-0.39, 0.29) is 0 Å². The molecule has 21 heavy (non-hydrogen) atoms. The Morgan fingerprint density at radius 1 is 1.29 bits per heavy atom. The van der Waals surface area contributed by atoms with E-state index in [9.17, 15) is 0 Å². The Labute approximate surface area is 125 Å². The number of aromatic nitrogens is 5. The summed E-state index contributed by atoms with van der Waals surface area (Å²) in [5.41, 5.74) is 0.800. The van der Waals surface area contributed by atoms with Gasteiger partial charge in [-0.25, -0.2) is 4.98 Å². The lowest BCUT2D eigenvalue weighted by Crippen LogP contribution is -1.89. The summed E-state index contributed by atoms with van der Waals surface area (Å²) < 4.78 is 10.5. The molecule has 1 aromatic carbocycles. The van der Waals surface area contributed by atoms with Gasteiger partial charge in [0.05, 0.1) is 18.4 Å². The second-order valence-corrected chi connectivity index (χ2v) is 5.15. The van der Waals surface area contributed by atoms with Gasteiger partial charge in [-0.05, 0) is 19.1 Å². The first-order valence-electron chi connectivity index (χ1n) is 6.24. The van der Waals surface area contributed by atoms with Crippen LogP contribution in [0.4, 0.5) is 0 Å². The van der Waals surface area contributed by atoms with E-state index in [0.717, 1.165) is 11.4 Å². The van der Waals surface area contributed by atoms with Crippen LogP contribution >= 0.6 is 11.8 Å². The number of para-hydroxylation sites is 1. The molecule has 0 radical (unpaired) electrons. The highest BCUT2D eigenvalue weighted by molar-refractivity contribution is 7.98. The maximum atomic E-state index is 5.29. The quantitative estimate of drug-likeness (QED) is 0.724. The van der Waals surface area contributed by atoms with E-state index in [1.807, 2.05) is 31.2 Å². The second kappa shape index (κ2) is 5.96. The number of rotatable bonds is 5. The summed E-state index contributed by atoms with van der Waals surface area (Å²) in [5, 5.41) is 11.5. The van der Waals surface area contributed by atoms with Crippen molar-refractivity contribution in [3.63, 3.8) is 0 Å². The zero-order valence-corrected chi connectivity index (χ0v) is 12.3. The van der Waals surface area contributed by atoms with Gasteiger partial charge < -0.3 is 9.26 Å². The normalized spacial score (nSPS) is 10.8. The lowest BCUT2D eigenvalue weighted by molar-refractivity contribution is 0.390. The number of nitrogens with one attached hydrogen (secondary N) is 1. The average Bonchev–Trinajstić information content (AvgIpc) is 3.14. The number of benzene rings is 1. The van der Waals surface area contributed by atoms with Crippen LogP contribution in [0.3, 0.4) is 0 Å². The third-order valence-electron chi connectivity index (χ3n) is 2.72. The van der Waals surface area contributed by atoms with E-state index in [4.69, 9.17) is 9.26 Å². The van der Waals surface area contributed by atoms with Gasteiger partial charge in [0.25, 0.3) is 0 Å². The molecular weight excluding hydrogens is 290 g/mol. The van der Waals surface area contributed by atoms with Crippen LogP contribution in [0.25, 0.3) is 11.4 Å². The molecule has 0 saturated heterocycles. The van der Waals surface area contributed by atoms with Crippen LogP contribution in [-0.4, -0.2) is 32.4 Å². The van der Waals surface area contributed by atoms with E-state index in [0.29, 0.717) is 28.4 Å². The number of aryl methyl sites for hydroxylation is 1. The molecule has 108 valence electrons. The van der Waals surface area contributed by atoms with Crippen molar-refractivity contribution in [1.29, 1.82) is 0 Å². The molecule has 3 rings (SSSR count). The molecule has 0 aliphatic heterocycles. The van der Waals surface area contributed by atoms with Crippen LogP contribution in [0.2, 0.25) is 0 Å². The predicted octanol–water partition coefficient (Wildman–Crippen LogP) is 2.46. The van der Waals surface area contributed by atoms with Crippen molar-refractivity contribution >= 4 is 11.8 Å². The minimum Gasteiger partial charge on any atom is -0.496 e. The van der Waals surface area contributed by atoms with E-state index in [1.165, 1.54) is 11.8 Å². The van der Waals surface area contributed by atoms with Crippen molar-refractivity contribution in [3.05, 3.63) is 36.0 Å². The molecular formula is C13H13N5O2S. The topological polar surface area (TPSA) is 89.7 Å². The molecule has 2 heterocycles. The molecule has 0 bridgehead atoms. The van der Waals surface area contributed by atoms with Gasteiger partial charge >= 0.3 is 0 Å². The van der Waals surface area contributed by atoms with E-state index >= 15 is 0 Å². The number of H-pyrrole nitrogens is 1. The molecule has 0 spiro atoms. The summed E-state index contributed by atoms with van der Waals surface area (Å²) in [6.07, 6.45) is 0. The van der Waals surface area contributed by atoms with E-state index < -0.39 is 0 Å². The van der Waals surface area contributed by atoms with Crippen molar-refractivity contribution < 1.29 is 9.26 Å². The van der Waals surface area contributed by atoms with Crippen LogP contribution in [0.5, 0.6) is 5.75 Å². The molecule has 0 fully saturated rings. The first-order chi connectivity index (χ1) is 10.3. The van der Waals surface area contributed by atoms with Crippen LogP contribution in [0.15, 0.2) is 33.9 Å².